The maximum absolute atomic E-state index is 6.49. The Morgan fingerprint density at radius 1 is 0.708 bits per heavy atom. The van der Waals surface area contributed by atoms with Crippen LogP contribution in [0.15, 0.2) is 154 Å². The lowest BCUT2D eigenvalue weighted by Crippen LogP contribution is -2.24. The van der Waals surface area contributed by atoms with Gasteiger partial charge in [0.25, 0.3) is 0 Å². The average Bonchev–Trinajstić information content (AvgIpc) is 3.77. The number of nitrogens with zero attached hydrogens (tertiary/aromatic N) is 1. The number of hydrogen-bond donors (Lipinski definition) is 2. The molecule has 10 rings (SSSR count). The molecule has 5 heteroatoms. The van der Waals surface area contributed by atoms with Crippen molar-refractivity contribution in [2.75, 3.05) is 5.32 Å². The monoisotopic (exact) mass is 637 g/mol. The zero-order valence-electron chi connectivity index (χ0n) is 26.1. The van der Waals surface area contributed by atoms with Gasteiger partial charge in [0.15, 0.2) is 0 Å². The number of hydrogen-bond acceptors (Lipinski definition) is 5. The minimum Gasteiger partial charge on any atom is -0.460 e. The third-order valence-electron chi connectivity index (χ3n) is 9.88. The fourth-order valence-corrected chi connectivity index (χ4v) is 8.81. The fraction of sp³-hybridized carbons (Fsp3) is 0.0930. The first kappa shape index (κ1) is 27.6. The Bertz CT molecular complexity index is 2480. The Balaban J connectivity index is 1.02. The van der Waals surface area contributed by atoms with Crippen LogP contribution in [0.25, 0.3) is 44.3 Å². The lowest BCUT2D eigenvalue weighted by molar-refractivity contribution is 0.487. The number of benzene rings is 6. The number of fused-ring (bicyclic) bond motifs is 8. The van der Waals surface area contributed by atoms with E-state index in [0.29, 0.717) is 0 Å². The fourth-order valence-electron chi connectivity index (χ4n) is 7.53. The first-order valence-electron chi connectivity index (χ1n) is 16.5. The van der Waals surface area contributed by atoms with Crippen molar-refractivity contribution >= 4 is 67.4 Å². The molecule has 0 radical (unpaired) electrons. The topological polar surface area (TPSA) is 49.6 Å². The summed E-state index contributed by atoms with van der Waals surface area (Å²) in [7, 11) is 0. The van der Waals surface area contributed by atoms with Gasteiger partial charge in [0, 0.05) is 26.9 Å². The molecule has 0 saturated carbocycles. The van der Waals surface area contributed by atoms with Crippen molar-refractivity contribution in [2.24, 2.45) is 4.99 Å². The van der Waals surface area contributed by atoms with Crippen LogP contribution in [0.5, 0.6) is 0 Å². The molecule has 3 heterocycles. The summed E-state index contributed by atoms with van der Waals surface area (Å²) >= 11 is 1.92. The summed E-state index contributed by atoms with van der Waals surface area (Å²) in [6.07, 6.45) is 7.44. The molecule has 0 amide bonds. The van der Waals surface area contributed by atoms with Crippen LogP contribution in [0.1, 0.15) is 46.5 Å². The van der Waals surface area contributed by atoms with E-state index in [4.69, 9.17) is 9.41 Å². The van der Waals surface area contributed by atoms with Gasteiger partial charge >= 0.3 is 0 Å². The second-order valence-electron chi connectivity index (χ2n) is 12.7. The van der Waals surface area contributed by atoms with Crippen molar-refractivity contribution < 1.29 is 4.42 Å². The predicted octanol–water partition coefficient (Wildman–Crippen LogP) is 10.9. The first-order valence-corrected chi connectivity index (χ1v) is 17.4. The standard InChI is InChI=1S/C43H31N3OS/c1-3-10-26(11-4-1)35-25-36(27-12-5-2-6-13-27)45-42(44-35)30-20-22-31-29(24-30)19-18-28-21-23-38-40(39(28)31)46-43(48-38)34-16-9-15-33-32-14-7-8-17-37(32)47-41(33)34/h1-15,17-25,34,42-44,46H,16H2. The van der Waals surface area contributed by atoms with Crippen LogP contribution < -0.4 is 10.6 Å². The van der Waals surface area contributed by atoms with Crippen LogP contribution >= 0.6 is 11.8 Å². The van der Waals surface area contributed by atoms with Gasteiger partial charge in [0.1, 0.15) is 17.5 Å². The summed E-state index contributed by atoms with van der Waals surface area (Å²) in [6.45, 7) is 0. The summed E-state index contributed by atoms with van der Waals surface area (Å²) in [5.41, 5.74) is 8.86. The van der Waals surface area contributed by atoms with E-state index < -0.39 is 0 Å². The zero-order valence-corrected chi connectivity index (χ0v) is 26.9. The molecule has 3 aliphatic rings. The second-order valence-corrected chi connectivity index (χ2v) is 13.9. The largest absolute Gasteiger partial charge is 0.460 e. The van der Waals surface area contributed by atoms with Gasteiger partial charge in [0.2, 0.25) is 0 Å². The van der Waals surface area contributed by atoms with E-state index in [0.717, 1.165) is 45.9 Å². The molecule has 2 N–H and O–H groups in total. The average molecular weight is 638 g/mol. The second kappa shape index (κ2) is 11.0. The van der Waals surface area contributed by atoms with E-state index in [9.17, 15) is 0 Å². The lowest BCUT2D eigenvalue weighted by Gasteiger charge is -2.25. The zero-order chi connectivity index (χ0) is 31.6. The van der Waals surface area contributed by atoms with E-state index in [1.165, 1.54) is 43.1 Å². The molecule has 2 aliphatic heterocycles. The highest BCUT2D eigenvalue weighted by atomic mass is 32.2. The van der Waals surface area contributed by atoms with Crippen molar-refractivity contribution in [1.82, 2.24) is 5.32 Å². The van der Waals surface area contributed by atoms with Crippen molar-refractivity contribution in [2.45, 2.75) is 28.8 Å². The molecule has 4 nitrogen and oxygen atoms in total. The first-order chi connectivity index (χ1) is 23.8. The van der Waals surface area contributed by atoms with Crippen LogP contribution in [0.2, 0.25) is 0 Å². The normalized spacial score (nSPS) is 19.8. The smallest absolute Gasteiger partial charge is 0.145 e. The van der Waals surface area contributed by atoms with Crippen LogP contribution in [0.4, 0.5) is 5.69 Å². The van der Waals surface area contributed by atoms with Crippen molar-refractivity contribution in [3.8, 4) is 0 Å². The van der Waals surface area contributed by atoms with Crippen molar-refractivity contribution in [3.05, 3.63) is 168 Å². The summed E-state index contributed by atoms with van der Waals surface area (Å²) in [5, 5.41) is 14.1. The molecule has 230 valence electrons. The van der Waals surface area contributed by atoms with Gasteiger partial charge in [0.05, 0.1) is 22.7 Å². The van der Waals surface area contributed by atoms with Gasteiger partial charge in [-0.25, -0.2) is 0 Å². The van der Waals surface area contributed by atoms with E-state index >= 15 is 0 Å². The number of nitrogens with one attached hydrogen (secondary N) is 2. The third-order valence-corrected chi connectivity index (χ3v) is 11.2. The Kier molecular flexibility index (Phi) is 6.34. The highest BCUT2D eigenvalue weighted by molar-refractivity contribution is 8.00. The molecular formula is C43H31N3OS. The summed E-state index contributed by atoms with van der Waals surface area (Å²) in [5.74, 6) is 1.34. The summed E-state index contributed by atoms with van der Waals surface area (Å²) < 4.78 is 6.49. The number of rotatable bonds is 4. The molecule has 0 saturated heterocycles. The predicted molar refractivity (Wildman–Crippen MR) is 201 cm³/mol. The molecule has 7 aromatic rings. The van der Waals surface area contributed by atoms with Crippen LogP contribution in [0.3, 0.4) is 0 Å². The van der Waals surface area contributed by atoms with Gasteiger partial charge in [-0.1, -0.05) is 133 Å². The van der Waals surface area contributed by atoms with E-state index in [1.807, 2.05) is 17.8 Å². The highest BCUT2D eigenvalue weighted by Gasteiger charge is 2.36. The molecule has 3 unspecified atom stereocenters. The van der Waals surface area contributed by atoms with E-state index in [-0.39, 0.29) is 17.5 Å². The highest BCUT2D eigenvalue weighted by Crippen LogP contribution is 2.51. The van der Waals surface area contributed by atoms with Crippen molar-refractivity contribution in [1.29, 1.82) is 0 Å². The van der Waals surface area contributed by atoms with Crippen LogP contribution in [-0.2, 0) is 0 Å². The molecule has 0 fully saturated rings. The van der Waals surface area contributed by atoms with Gasteiger partial charge in [-0.15, -0.1) is 0 Å². The number of thioether (sulfide) groups is 1. The van der Waals surface area contributed by atoms with Crippen LogP contribution in [-0.4, -0.2) is 11.1 Å². The number of aliphatic imine (C=N–C) groups is 1. The minimum atomic E-state index is -0.211. The van der Waals surface area contributed by atoms with Crippen molar-refractivity contribution in [3.63, 3.8) is 0 Å². The van der Waals surface area contributed by atoms with Gasteiger partial charge in [-0.2, -0.15) is 0 Å². The number of para-hydroxylation sites is 1. The van der Waals surface area contributed by atoms with Gasteiger partial charge < -0.3 is 15.1 Å². The molecule has 0 spiro atoms. The Hall–Kier alpha value is -5.52. The molecule has 0 bridgehead atoms. The number of furan rings is 1. The lowest BCUT2D eigenvalue weighted by atomic mass is 9.91. The third kappa shape index (κ3) is 4.49. The Morgan fingerprint density at radius 2 is 1.48 bits per heavy atom. The maximum Gasteiger partial charge on any atom is 0.145 e. The molecule has 1 aliphatic carbocycles. The quantitative estimate of drug-likeness (QED) is 0.189. The SMILES string of the molecule is C1=Cc2c(oc3ccccc23)C(C2Nc3c(ccc4ccc5cc(C6N=C(c7ccccc7)C=C(c7ccccc7)N6)ccc5c34)S2)C1. The summed E-state index contributed by atoms with van der Waals surface area (Å²) in [4.78, 5) is 6.51. The Morgan fingerprint density at radius 3 is 2.35 bits per heavy atom. The number of allylic oxidation sites excluding steroid dienone is 2. The maximum atomic E-state index is 6.49. The minimum absolute atomic E-state index is 0.185. The Labute approximate surface area is 282 Å². The molecular weight excluding hydrogens is 607 g/mol. The van der Waals surface area contributed by atoms with Gasteiger partial charge in [-0.05, 0) is 63.5 Å². The van der Waals surface area contributed by atoms with E-state index in [1.54, 1.807) is 0 Å². The van der Waals surface area contributed by atoms with Gasteiger partial charge in [-0.3, -0.25) is 4.99 Å². The molecule has 1 aromatic heterocycles. The van der Waals surface area contributed by atoms with Crippen LogP contribution in [0, 0.1) is 0 Å². The summed E-state index contributed by atoms with van der Waals surface area (Å²) in [6, 6.07) is 45.2. The number of anilines is 1. The molecule has 3 atom stereocenters. The molecule has 6 aromatic carbocycles. The molecule has 48 heavy (non-hydrogen) atoms. The van der Waals surface area contributed by atoms with E-state index in [2.05, 4.69) is 150 Å².